The van der Waals surface area contributed by atoms with E-state index < -0.39 is 0 Å². The first kappa shape index (κ1) is 12.3. The molecule has 0 aliphatic carbocycles. The average molecular weight is 240 g/mol. The summed E-state index contributed by atoms with van der Waals surface area (Å²) in [6, 6.07) is 4.18. The Bertz CT molecular complexity index is 362. The zero-order valence-corrected chi connectivity index (χ0v) is 9.69. The highest BCUT2D eigenvalue weighted by molar-refractivity contribution is 5.33. The van der Waals surface area contributed by atoms with Crippen LogP contribution in [0.15, 0.2) is 18.2 Å². The predicted molar refractivity (Wildman–Crippen MR) is 61.4 cm³/mol. The third-order valence-electron chi connectivity index (χ3n) is 2.91. The number of ether oxygens (including phenoxy) is 2. The molecule has 2 rings (SSSR count). The molecular weight excluding hydrogens is 223 g/mol. The van der Waals surface area contributed by atoms with Crippen LogP contribution in [0, 0.1) is 5.82 Å². The van der Waals surface area contributed by atoms with Crippen LogP contribution in [0.3, 0.4) is 0 Å². The van der Waals surface area contributed by atoms with Gasteiger partial charge in [-0.2, -0.15) is 0 Å². The number of rotatable bonds is 5. The van der Waals surface area contributed by atoms with Crippen molar-refractivity contribution in [3.05, 3.63) is 29.6 Å². The lowest BCUT2D eigenvalue weighted by atomic mass is 10.2. The minimum absolute atomic E-state index is 0.215. The molecule has 17 heavy (non-hydrogen) atoms. The van der Waals surface area contributed by atoms with Gasteiger partial charge in [0.05, 0.1) is 19.3 Å². The second-order valence-electron chi connectivity index (χ2n) is 4.18. The van der Waals surface area contributed by atoms with Crippen molar-refractivity contribution < 1.29 is 19.0 Å². The molecule has 3 nitrogen and oxygen atoms in total. The summed E-state index contributed by atoms with van der Waals surface area (Å²) in [5.74, 6) is 0.187. The number of aliphatic hydroxyl groups is 1. The van der Waals surface area contributed by atoms with Crippen molar-refractivity contribution in [2.75, 3.05) is 13.2 Å². The molecule has 1 N–H and O–H groups in total. The lowest BCUT2D eigenvalue weighted by Gasteiger charge is -2.12. The molecule has 0 radical (unpaired) electrons. The molecule has 0 spiro atoms. The van der Waals surface area contributed by atoms with Gasteiger partial charge < -0.3 is 14.6 Å². The minimum Gasteiger partial charge on any atom is -0.493 e. The van der Waals surface area contributed by atoms with Crippen molar-refractivity contribution in [1.82, 2.24) is 0 Å². The average Bonchev–Trinajstić information content (AvgIpc) is 2.84. The smallest absolute Gasteiger partial charge is 0.125 e. The lowest BCUT2D eigenvalue weighted by Crippen LogP contribution is -2.11. The van der Waals surface area contributed by atoms with Gasteiger partial charge in [0.2, 0.25) is 0 Å². The van der Waals surface area contributed by atoms with Crippen LogP contribution < -0.4 is 4.74 Å². The van der Waals surface area contributed by atoms with Gasteiger partial charge in [0.25, 0.3) is 0 Å². The van der Waals surface area contributed by atoms with Crippen molar-refractivity contribution in [3.8, 4) is 5.75 Å². The second-order valence-corrected chi connectivity index (χ2v) is 4.18. The van der Waals surface area contributed by atoms with E-state index in [2.05, 4.69) is 0 Å². The highest BCUT2D eigenvalue weighted by atomic mass is 19.1. The van der Waals surface area contributed by atoms with Crippen LogP contribution in [-0.2, 0) is 11.3 Å². The quantitative estimate of drug-likeness (QED) is 0.858. The van der Waals surface area contributed by atoms with E-state index in [0.29, 0.717) is 17.9 Å². The summed E-state index contributed by atoms with van der Waals surface area (Å²) in [6.07, 6.45) is 3.32. The van der Waals surface area contributed by atoms with Crippen LogP contribution in [0.5, 0.6) is 5.75 Å². The van der Waals surface area contributed by atoms with Crippen molar-refractivity contribution in [3.63, 3.8) is 0 Å². The maximum atomic E-state index is 12.9. The SMILES string of the molecule is OCc1cc(F)ccc1OCCC1CCCO1. The molecule has 1 fully saturated rings. The predicted octanol–water partition coefficient (Wildman–Crippen LogP) is 2.27. The number of aliphatic hydroxyl groups excluding tert-OH is 1. The van der Waals surface area contributed by atoms with Gasteiger partial charge in [-0.15, -0.1) is 0 Å². The fourth-order valence-corrected chi connectivity index (χ4v) is 1.98. The van der Waals surface area contributed by atoms with Gasteiger partial charge in [0, 0.05) is 18.6 Å². The topological polar surface area (TPSA) is 38.7 Å². The summed E-state index contributed by atoms with van der Waals surface area (Å²) in [7, 11) is 0. The molecule has 0 bridgehead atoms. The highest BCUT2D eigenvalue weighted by Crippen LogP contribution is 2.21. The highest BCUT2D eigenvalue weighted by Gasteiger charge is 2.15. The summed E-state index contributed by atoms with van der Waals surface area (Å²) in [6.45, 7) is 1.15. The maximum Gasteiger partial charge on any atom is 0.125 e. The molecule has 1 unspecified atom stereocenters. The molecule has 1 saturated heterocycles. The van der Waals surface area contributed by atoms with Crippen molar-refractivity contribution >= 4 is 0 Å². The van der Waals surface area contributed by atoms with Gasteiger partial charge >= 0.3 is 0 Å². The Morgan fingerprint density at radius 3 is 3.06 bits per heavy atom. The maximum absolute atomic E-state index is 12.9. The van der Waals surface area contributed by atoms with E-state index in [-0.39, 0.29) is 18.5 Å². The first-order chi connectivity index (χ1) is 8.29. The standard InChI is InChI=1S/C13H17FO3/c14-11-3-4-13(10(8-11)9-15)17-7-5-12-2-1-6-16-12/h3-4,8,12,15H,1-2,5-7,9H2. The van der Waals surface area contributed by atoms with Crippen molar-refractivity contribution in [2.45, 2.75) is 32.0 Å². The molecule has 94 valence electrons. The fraction of sp³-hybridized carbons (Fsp3) is 0.538. The zero-order valence-electron chi connectivity index (χ0n) is 9.69. The summed E-state index contributed by atoms with van der Waals surface area (Å²) in [4.78, 5) is 0. The van der Waals surface area contributed by atoms with Gasteiger partial charge in [0.1, 0.15) is 11.6 Å². The van der Waals surface area contributed by atoms with Gasteiger partial charge in [0.15, 0.2) is 0 Å². The Hall–Kier alpha value is -1.13. The second kappa shape index (κ2) is 5.98. The number of halogens is 1. The molecule has 1 aromatic carbocycles. The molecule has 1 atom stereocenters. The molecule has 0 amide bonds. The van der Waals surface area contributed by atoms with Gasteiger partial charge in [-0.05, 0) is 31.0 Å². The van der Waals surface area contributed by atoms with Crippen LogP contribution in [0.25, 0.3) is 0 Å². The molecule has 0 saturated carbocycles. The Kier molecular flexibility index (Phi) is 4.34. The van der Waals surface area contributed by atoms with Crippen LogP contribution in [-0.4, -0.2) is 24.4 Å². The van der Waals surface area contributed by atoms with Crippen LogP contribution in [0.2, 0.25) is 0 Å². The largest absolute Gasteiger partial charge is 0.493 e. The first-order valence-corrected chi connectivity index (χ1v) is 5.93. The molecule has 0 aromatic heterocycles. The molecule has 1 heterocycles. The fourth-order valence-electron chi connectivity index (χ4n) is 1.98. The molecule has 1 aliphatic heterocycles. The van der Waals surface area contributed by atoms with Gasteiger partial charge in [-0.25, -0.2) is 4.39 Å². The van der Waals surface area contributed by atoms with E-state index >= 15 is 0 Å². The monoisotopic (exact) mass is 240 g/mol. The van der Waals surface area contributed by atoms with Crippen LogP contribution >= 0.6 is 0 Å². The van der Waals surface area contributed by atoms with Crippen LogP contribution in [0.1, 0.15) is 24.8 Å². The van der Waals surface area contributed by atoms with E-state index in [9.17, 15) is 4.39 Å². The van der Waals surface area contributed by atoms with E-state index in [1.165, 1.54) is 12.1 Å². The molecule has 4 heteroatoms. The van der Waals surface area contributed by atoms with Crippen molar-refractivity contribution in [1.29, 1.82) is 0 Å². The number of hydrogen-bond donors (Lipinski definition) is 1. The first-order valence-electron chi connectivity index (χ1n) is 5.93. The van der Waals surface area contributed by atoms with Gasteiger partial charge in [-0.1, -0.05) is 0 Å². The molecule has 1 aromatic rings. The molecular formula is C13H17FO3. The normalized spacial score (nSPS) is 19.5. The Morgan fingerprint density at radius 2 is 2.35 bits per heavy atom. The Labute approximate surface area is 100 Å². The van der Waals surface area contributed by atoms with Crippen molar-refractivity contribution in [2.24, 2.45) is 0 Å². The molecule has 1 aliphatic rings. The van der Waals surface area contributed by atoms with E-state index in [0.717, 1.165) is 25.9 Å². The third kappa shape index (κ3) is 3.41. The summed E-state index contributed by atoms with van der Waals surface area (Å²) < 4.78 is 23.9. The van der Waals surface area contributed by atoms with E-state index in [1.54, 1.807) is 6.07 Å². The number of hydrogen-bond acceptors (Lipinski definition) is 3. The van der Waals surface area contributed by atoms with Crippen LogP contribution in [0.4, 0.5) is 4.39 Å². The summed E-state index contributed by atoms with van der Waals surface area (Å²) in [5.41, 5.74) is 0.484. The zero-order chi connectivity index (χ0) is 12.1. The summed E-state index contributed by atoms with van der Waals surface area (Å²) >= 11 is 0. The third-order valence-corrected chi connectivity index (χ3v) is 2.91. The van der Waals surface area contributed by atoms with E-state index in [4.69, 9.17) is 14.6 Å². The Morgan fingerprint density at radius 1 is 1.47 bits per heavy atom. The van der Waals surface area contributed by atoms with E-state index in [1.807, 2.05) is 0 Å². The Balaban J connectivity index is 1.85. The minimum atomic E-state index is -0.361. The lowest BCUT2D eigenvalue weighted by molar-refractivity contribution is 0.0899. The number of benzene rings is 1. The summed E-state index contributed by atoms with van der Waals surface area (Å²) in [5, 5.41) is 9.08. The van der Waals surface area contributed by atoms with Gasteiger partial charge in [-0.3, -0.25) is 0 Å².